The van der Waals surface area contributed by atoms with Gasteiger partial charge in [-0.2, -0.15) is 0 Å². The van der Waals surface area contributed by atoms with Gasteiger partial charge in [-0.1, -0.05) is 12.1 Å². The molecule has 13 nitrogen and oxygen atoms in total. The molecule has 6 aromatic heterocycles. The average Bonchev–Trinajstić information content (AvgIpc) is 3.87. The molecule has 0 saturated carbocycles. The molecule has 61 heavy (non-hydrogen) atoms. The first-order valence-electron chi connectivity index (χ1n) is 19.0. The zero-order valence-electron chi connectivity index (χ0n) is 34.0. The maximum atomic E-state index is 13.9. The highest BCUT2D eigenvalue weighted by Crippen LogP contribution is 2.45. The zero-order valence-corrected chi connectivity index (χ0v) is 35.7. The van der Waals surface area contributed by atoms with E-state index in [4.69, 9.17) is 9.47 Å². The van der Waals surface area contributed by atoms with Crippen molar-refractivity contribution in [3.8, 4) is 0 Å². The first-order valence-corrected chi connectivity index (χ1v) is 20.8. The summed E-state index contributed by atoms with van der Waals surface area (Å²) in [5, 5.41) is 12.0. The number of esters is 2. The summed E-state index contributed by atoms with van der Waals surface area (Å²) in [4.78, 5) is 73.7. The minimum absolute atomic E-state index is 0.0488. The van der Waals surface area contributed by atoms with Crippen LogP contribution in [-0.4, -0.2) is 48.4 Å². The summed E-state index contributed by atoms with van der Waals surface area (Å²) < 4.78 is 25.0. The van der Waals surface area contributed by atoms with Gasteiger partial charge < -0.3 is 20.1 Å². The molecule has 2 aliphatic rings. The van der Waals surface area contributed by atoms with Gasteiger partial charge in [-0.05, 0) is 81.6 Å². The Labute approximate surface area is 358 Å². The Bertz CT molecular complexity index is 2850. The van der Waals surface area contributed by atoms with Gasteiger partial charge in [0, 0.05) is 98.7 Å². The molecule has 0 fully saturated rings. The topological polar surface area (TPSA) is 175 Å². The number of thiophene rings is 2. The maximum absolute atomic E-state index is 13.9. The molecule has 0 bridgehead atoms. The van der Waals surface area contributed by atoms with Crippen LogP contribution in [0.3, 0.4) is 0 Å². The van der Waals surface area contributed by atoms with Gasteiger partial charge in [0.1, 0.15) is 35.0 Å². The second kappa shape index (κ2) is 18.2. The predicted octanol–water partition coefficient (Wildman–Crippen LogP) is 8.05. The number of pyridine rings is 3. The van der Waals surface area contributed by atoms with Crippen molar-refractivity contribution in [2.45, 2.75) is 66.6 Å². The summed E-state index contributed by atoms with van der Waals surface area (Å²) in [6.07, 6.45) is 10.6. The molecule has 2 unspecified atom stereocenters. The van der Waals surface area contributed by atoms with Crippen molar-refractivity contribution in [1.29, 1.82) is 0 Å². The van der Waals surface area contributed by atoms with E-state index >= 15 is 0 Å². The highest BCUT2D eigenvalue weighted by atomic mass is 32.1. The molecule has 8 heterocycles. The second-order valence-corrected chi connectivity index (χ2v) is 16.1. The van der Waals surface area contributed by atoms with Gasteiger partial charge >= 0.3 is 11.9 Å². The van der Waals surface area contributed by atoms with E-state index in [1.165, 1.54) is 55.1 Å². The van der Waals surface area contributed by atoms with Crippen LogP contribution in [0.1, 0.15) is 75.6 Å². The van der Waals surface area contributed by atoms with Crippen LogP contribution in [0.5, 0.6) is 0 Å². The fourth-order valence-corrected chi connectivity index (χ4v) is 9.55. The molecule has 8 rings (SSSR count). The van der Waals surface area contributed by atoms with E-state index in [2.05, 4.69) is 35.6 Å². The van der Waals surface area contributed by atoms with E-state index in [9.17, 15) is 23.6 Å². The quantitative estimate of drug-likeness (QED) is 0.127. The Morgan fingerprint density at radius 1 is 0.639 bits per heavy atom. The van der Waals surface area contributed by atoms with E-state index in [1.54, 1.807) is 31.7 Å². The van der Waals surface area contributed by atoms with Gasteiger partial charge in [0.15, 0.2) is 11.6 Å². The molecule has 2 aliphatic heterocycles. The van der Waals surface area contributed by atoms with Crippen molar-refractivity contribution >= 4 is 66.6 Å². The fraction of sp³-hybridized carbons (Fsp3) is 0.222. The summed E-state index contributed by atoms with van der Waals surface area (Å²) in [7, 11) is 0. The number of dihydropyridines is 2. The Kier molecular flexibility index (Phi) is 12.7. The van der Waals surface area contributed by atoms with Crippen molar-refractivity contribution in [3.63, 3.8) is 0 Å². The molecule has 0 radical (unpaired) electrons. The number of hydrogen-bond donors (Lipinski definition) is 2. The summed E-state index contributed by atoms with van der Waals surface area (Å²) in [6, 6.07) is 9.03. The minimum Gasteiger partial charge on any atom is -0.457 e. The van der Waals surface area contributed by atoms with E-state index in [0.29, 0.717) is 44.9 Å². The number of carbonyl (C=O) groups is 4. The lowest BCUT2D eigenvalue weighted by Crippen LogP contribution is -2.31. The number of allylic oxidation sites excluding steroid dienone is 6. The highest BCUT2D eigenvalue weighted by molar-refractivity contribution is 7.17. The van der Waals surface area contributed by atoms with E-state index in [1.807, 2.05) is 55.8 Å². The predicted molar refractivity (Wildman–Crippen MR) is 229 cm³/mol. The van der Waals surface area contributed by atoms with Gasteiger partial charge in [0.05, 0.1) is 17.3 Å². The summed E-state index contributed by atoms with van der Waals surface area (Å²) in [5.74, 6) is -3.01. The number of Topliss-reactive ketones (excluding diaryl/α,β-unsaturated/α-hetero) is 2. The number of fused-ring (bicyclic) bond motifs is 2. The van der Waals surface area contributed by atoms with Crippen LogP contribution < -0.4 is 10.6 Å². The molecule has 2 atom stereocenters. The normalized spacial score (nSPS) is 16.5. The summed E-state index contributed by atoms with van der Waals surface area (Å²) >= 11 is 2.94. The number of halogens is 1. The Morgan fingerprint density at radius 3 is 1.59 bits per heavy atom. The first kappa shape index (κ1) is 42.3. The van der Waals surface area contributed by atoms with Crippen LogP contribution in [-0.2, 0) is 41.9 Å². The Balaban J connectivity index is 0.000000184. The number of nitrogens with one attached hydrogen (secondary N) is 2. The number of aromatic nitrogens is 5. The van der Waals surface area contributed by atoms with Crippen LogP contribution in [0.25, 0.3) is 20.4 Å². The standard InChI is InChI=1S/C23H20FN3O3S.C22H20N4O3S/c1-12-19(14(3)28)21(17-11-31-22-16(17)5-4-7-26-22)20(13(2)27-12)23(29)30-10-15-6-8-25-9-18(15)24;1-12-18(14(3)27)20(17-10-30-21-16(17)5-4-6-25-21)19(13(2)26-12)22(28)29-9-15-7-23-11-24-8-15/h4-9,11,21,27H,10H2,1-3H3;4-8,10-11,20,26H,9H2,1-3H3. The third-order valence-electron chi connectivity index (χ3n) is 10.3. The average molecular weight is 858 g/mol. The molecular formula is C45H40FN7O6S2. The molecule has 2 N–H and O–H groups in total. The lowest BCUT2D eigenvalue weighted by Gasteiger charge is -2.30. The van der Waals surface area contributed by atoms with Crippen LogP contribution in [0.4, 0.5) is 4.39 Å². The molecule has 0 spiro atoms. The van der Waals surface area contributed by atoms with E-state index in [-0.39, 0.29) is 30.3 Å². The molecular weight excluding hydrogens is 818 g/mol. The lowest BCUT2D eigenvalue weighted by atomic mass is 9.79. The van der Waals surface area contributed by atoms with Gasteiger partial charge in [-0.25, -0.2) is 33.9 Å². The van der Waals surface area contributed by atoms with Gasteiger partial charge in [-0.3, -0.25) is 14.6 Å². The van der Waals surface area contributed by atoms with E-state index < -0.39 is 29.6 Å². The van der Waals surface area contributed by atoms with Crippen LogP contribution in [0, 0.1) is 5.82 Å². The number of ether oxygens (including phenoxy) is 2. The van der Waals surface area contributed by atoms with E-state index in [0.717, 1.165) is 43.5 Å². The van der Waals surface area contributed by atoms with Crippen molar-refractivity contribution in [2.24, 2.45) is 0 Å². The minimum atomic E-state index is -0.610. The Morgan fingerprint density at radius 2 is 1.11 bits per heavy atom. The van der Waals surface area contributed by atoms with Crippen molar-refractivity contribution in [2.75, 3.05) is 0 Å². The van der Waals surface area contributed by atoms with Gasteiger partial charge in [0.2, 0.25) is 0 Å². The summed E-state index contributed by atoms with van der Waals surface area (Å²) in [5.41, 5.74) is 7.10. The number of hydrogen-bond acceptors (Lipinski definition) is 15. The number of nitrogens with zero attached hydrogens (tertiary/aromatic N) is 5. The molecule has 0 aliphatic carbocycles. The van der Waals surface area contributed by atoms with Crippen molar-refractivity contribution in [1.82, 2.24) is 35.6 Å². The smallest absolute Gasteiger partial charge is 0.337 e. The zero-order chi connectivity index (χ0) is 43.4. The second-order valence-electron chi connectivity index (χ2n) is 14.3. The number of ketones is 2. The Hall–Kier alpha value is -6.78. The van der Waals surface area contributed by atoms with Crippen molar-refractivity contribution in [3.05, 3.63) is 158 Å². The number of rotatable bonds is 10. The molecule has 0 amide bonds. The molecule has 6 aromatic rings. The fourth-order valence-electron chi connectivity index (χ4n) is 7.68. The van der Waals surface area contributed by atoms with Gasteiger partial charge in [0.25, 0.3) is 0 Å². The largest absolute Gasteiger partial charge is 0.457 e. The molecule has 0 aromatic carbocycles. The van der Waals surface area contributed by atoms with Crippen LogP contribution >= 0.6 is 22.7 Å². The number of carbonyl (C=O) groups excluding carboxylic acids is 4. The molecule has 310 valence electrons. The van der Waals surface area contributed by atoms with Crippen LogP contribution in [0.2, 0.25) is 0 Å². The first-order chi connectivity index (χ1) is 29.3. The van der Waals surface area contributed by atoms with Crippen molar-refractivity contribution < 1.29 is 33.0 Å². The third-order valence-corrected chi connectivity index (χ3v) is 12.1. The monoisotopic (exact) mass is 857 g/mol. The highest BCUT2D eigenvalue weighted by Gasteiger charge is 2.39. The third kappa shape index (κ3) is 8.76. The summed E-state index contributed by atoms with van der Waals surface area (Å²) in [6.45, 7) is 10.1. The molecule has 0 saturated heterocycles. The lowest BCUT2D eigenvalue weighted by molar-refractivity contribution is -0.141. The molecule has 16 heteroatoms. The van der Waals surface area contributed by atoms with Crippen LogP contribution in [0.15, 0.2) is 130 Å². The maximum Gasteiger partial charge on any atom is 0.337 e. The SMILES string of the molecule is CC(=O)C1=C(C)NC(C)=C(C(=O)OCc2ccncc2F)C1c1csc2ncccc12.CC(=O)C1=C(C)NC(C)=C(C(=O)OCc2cncnc2)C1c1csc2ncccc12. The van der Waals surface area contributed by atoms with Gasteiger partial charge in [-0.15, -0.1) is 22.7 Å².